The number of hydrogen-bond acceptors (Lipinski definition) is 5. The Morgan fingerprint density at radius 3 is 2.44 bits per heavy atom. The maximum Gasteiger partial charge on any atom is 0.219 e. The molecule has 0 radical (unpaired) electrons. The summed E-state index contributed by atoms with van der Waals surface area (Å²) < 4.78 is 24.0. The van der Waals surface area contributed by atoms with Crippen molar-refractivity contribution in [2.45, 2.75) is 45.7 Å². The van der Waals surface area contributed by atoms with E-state index in [-0.39, 0.29) is 29.8 Å². The third-order valence-corrected chi connectivity index (χ3v) is 4.93. The van der Waals surface area contributed by atoms with Crippen molar-refractivity contribution in [3.05, 3.63) is 71.5 Å². The van der Waals surface area contributed by atoms with Crippen LogP contribution in [-0.2, 0) is 13.1 Å². The lowest BCUT2D eigenvalue weighted by atomic mass is 9.99. The Kier molecular flexibility index (Phi) is 10.4. The van der Waals surface area contributed by atoms with E-state index in [1.807, 2.05) is 12.1 Å². The third kappa shape index (κ3) is 7.47. The lowest BCUT2D eigenvalue weighted by molar-refractivity contribution is 0.368. The quantitative estimate of drug-likeness (QED) is 0.210. The number of benzene rings is 1. The molecule has 32 heavy (non-hydrogen) atoms. The molecule has 0 saturated carbocycles. The number of halogens is 2. The fourth-order valence-electron chi connectivity index (χ4n) is 3.09. The molecule has 0 spiro atoms. The zero-order valence-electron chi connectivity index (χ0n) is 18.5. The molecule has 0 saturated heterocycles. The average Bonchev–Trinajstić information content (AvgIpc) is 3.26. The molecule has 0 amide bonds. The molecule has 0 aliphatic heterocycles. The molecule has 0 atom stereocenters. The number of ether oxygens (including phenoxy) is 1. The van der Waals surface area contributed by atoms with Crippen molar-refractivity contribution in [3.63, 3.8) is 0 Å². The molecule has 0 aliphatic carbocycles. The maximum atomic E-state index is 13.0. The Labute approximate surface area is 204 Å². The minimum absolute atomic E-state index is 0. The van der Waals surface area contributed by atoms with Gasteiger partial charge in [-0.15, -0.1) is 24.0 Å². The van der Waals surface area contributed by atoms with Gasteiger partial charge in [0, 0.05) is 37.8 Å². The van der Waals surface area contributed by atoms with Gasteiger partial charge in [-0.05, 0) is 42.7 Å². The van der Waals surface area contributed by atoms with Crippen molar-refractivity contribution in [3.8, 4) is 11.6 Å². The monoisotopic (exact) mass is 553 g/mol. The predicted molar refractivity (Wildman–Crippen MR) is 133 cm³/mol. The van der Waals surface area contributed by atoms with E-state index in [1.165, 1.54) is 12.1 Å². The fraction of sp³-hybridized carbons (Fsp3) is 0.348. The van der Waals surface area contributed by atoms with Gasteiger partial charge in [-0.1, -0.05) is 25.1 Å². The van der Waals surface area contributed by atoms with E-state index in [4.69, 9.17) is 9.26 Å². The molecule has 3 rings (SSSR count). The number of nitrogens with one attached hydrogen (secondary N) is 2. The average molecular weight is 553 g/mol. The highest BCUT2D eigenvalue weighted by Crippen LogP contribution is 2.22. The molecule has 0 aliphatic rings. The summed E-state index contributed by atoms with van der Waals surface area (Å²) in [6.07, 6.45) is 3.80. The highest BCUT2D eigenvalue weighted by Gasteiger charge is 2.13. The van der Waals surface area contributed by atoms with E-state index >= 15 is 0 Å². The number of rotatable bonds is 9. The summed E-state index contributed by atoms with van der Waals surface area (Å²) in [6.45, 7) is 5.35. The van der Waals surface area contributed by atoms with Gasteiger partial charge in [0.25, 0.3) is 0 Å². The summed E-state index contributed by atoms with van der Waals surface area (Å²) >= 11 is 0. The van der Waals surface area contributed by atoms with Crippen LogP contribution < -0.4 is 15.4 Å². The van der Waals surface area contributed by atoms with E-state index in [1.54, 1.807) is 31.4 Å². The fourth-order valence-corrected chi connectivity index (χ4v) is 3.09. The number of aliphatic imine (C=N–C) groups is 1. The molecule has 172 valence electrons. The van der Waals surface area contributed by atoms with Crippen LogP contribution >= 0.6 is 24.0 Å². The van der Waals surface area contributed by atoms with E-state index in [0.29, 0.717) is 36.6 Å². The van der Waals surface area contributed by atoms with Crippen molar-refractivity contribution >= 4 is 29.9 Å². The molecule has 2 N–H and O–H groups in total. The Hall–Kier alpha value is -2.69. The van der Waals surface area contributed by atoms with Gasteiger partial charge in [-0.3, -0.25) is 4.99 Å². The van der Waals surface area contributed by atoms with E-state index in [0.717, 1.165) is 29.9 Å². The molecule has 1 aromatic carbocycles. The van der Waals surface area contributed by atoms with Gasteiger partial charge in [0.15, 0.2) is 11.7 Å². The van der Waals surface area contributed by atoms with Crippen molar-refractivity contribution in [2.75, 3.05) is 7.05 Å². The summed E-state index contributed by atoms with van der Waals surface area (Å²) in [5.41, 5.74) is 1.96. The first kappa shape index (κ1) is 25.6. The second-order valence-electron chi connectivity index (χ2n) is 7.07. The largest absolute Gasteiger partial charge is 0.439 e. The van der Waals surface area contributed by atoms with Crippen molar-refractivity contribution < 1.29 is 13.7 Å². The first-order valence-corrected chi connectivity index (χ1v) is 10.4. The molecule has 9 heteroatoms. The molecule has 3 aromatic rings. The Balaban J connectivity index is 0.00000363. The Morgan fingerprint density at radius 2 is 1.81 bits per heavy atom. The van der Waals surface area contributed by atoms with Gasteiger partial charge in [0.1, 0.15) is 11.6 Å². The number of nitrogens with zero attached hydrogens (tertiary/aromatic N) is 3. The Morgan fingerprint density at radius 1 is 1.09 bits per heavy atom. The van der Waals surface area contributed by atoms with Gasteiger partial charge < -0.3 is 19.9 Å². The normalized spacial score (nSPS) is 11.2. The molecular weight excluding hydrogens is 524 g/mol. The highest BCUT2D eigenvalue weighted by atomic mass is 127. The third-order valence-electron chi connectivity index (χ3n) is 4.93. The van der Waals surface area contributed by atoms with Crippen molar-refractivity contribution in [1.29, 1.82) is 0 Å². The molecule has 2 aromatic heterocycles. The zero-order chi connectivity index (χ0) is 22.1. The minimum atomic E-state index is -0.307. The van der Waals surface area contributed by atoms with Crippen LogP contribution in [-0.4, -0.2) is 23.1 Å². The first-order valence-electron chi connectivity index (χ1n) is 10.4. The molecule has 7 nitrogen and oxygen atoms in total. The van der Waals surface area contributed by atoms with Crippen molar-refractivity contribution in [2.24, 2.45) is 4.99 Å². The summed E-state index contributed by atoms with van der Waals surface area (Å²) in [6, 6.07) is 11.5. The molecule has 2 heterocycles. The maximum absolute atomic E-state index is 13.0. The van der Waals surface area contributed by atoms with Crippen LogP contribution in [0.3, 0.4) is 0 Å². The smallest absolute Gasteiger partial charge is 0.219 e. The second kappa shape index (κ2) is 13.0. The van der Waals surface area contributed by atoms with E-state index in [2.05, 4.69) is 39.6 Å². The topological polar surface area (TPSA) is 84.6 Å². The number of aromatic nitrogens is 2. The molecule has 0 unspecified atom stereocenters. The van der Waals surface area contributed by atoms with Gasteiger partial charge in [0.05, 0.1) is 12.2 Å². The SMILES string of the molecule is CCC(CC)c1cc(CNC(=NC)NCc2ccc(Oc3ccc(F)cc3)nc2)on1.I. The van der Waals surface area contributed by atoms with Crippen LogP contribution in [0.25, 0.3) is 0 Å². The van der Waals surface area contributed by atoms with Gasteiger partial charge in [0.2, 0.25) is 5.88 Å². The molecule has 0 bridgehead atoms. The standard InChI is InChI=1S/C23H28FN5O2.HI/c1-4-17(5-2)21-12-20(31-29-21)15-28-23(25-3)27-14-16-6-11-22(26-13-16)30-19-9-7-18(24)8-10-19;/h6-13,17H,4-5,14-15H2,1-3H3,(H2,25,27,28);1H. The highest BCUT2D eigenvalue weighted by molar-refractivity contribution is 14.0. The molecular formula is C23H29FIN5O2. The van der Waals surface area contributed by atoms with Gasteiger partial charge >= 0.3 is 0 Å². The predicted octanol–water partition coefficient (Wildman–Crippen LogP) is 5.39. The number of hydrogen-bond donors (Lipinski definition) is 2. The van der Waals surface area contributed by atoms with E-state index < -0.39 is 0 Å². The molecule has 0 fully saturated rings. The number of pyridine rings is 1. The van der Waals surface area contributed by atoms with Crippen molar-refractivity contribution in [1.82, 2.24) is 20.8 Å². The van der Waals surface area contributed by atoms with Crippen LogP contribution in [0.2, 0.25) is 0 Å². The van der Waals surface area contributed by atoms with Gasteiger partial charge in [-0.25, -0.2) is 9.37 Å². The van der Waals surface area contributed by atoms with Crippen LogP contribution in [0.15, 0.2) is 58.2 Å². The summed E-state index contributed by atoms with van der Waals surface area (Å²) in [7, 11) is 1.71. The van der Waals surface area contributed by atoms with Crippen LogP contribution in [0.5, 0.6) is 11.6 Å². The van der Waals surface area contributed by atoms with Gasteiger partial charge in [-0.2, -0.15) is 0 Å². The zero-order valence-corrected chi connectivity index (χ0v) is 20.8. The summed E-state index contributed by atoms with van der Waals surface area (Å²) in [5, 5.41) is 10.6. The lowest BCUT2D eigenvalue weighted by Gasteiger charge is -2.11. The second-order valence-corrected chi connectivity index (χ2v) is 7.07. The van der Waals surface area contributed by atoms with Crippen LogP contribution in [0.4, 0.5) is 4.39 Å². The summed E-state index contributed by atoms with van der Waals surface area (Å²) in [5.74, 6) is 2.51. The lowest BCUT2D eigenvalue weighted by Crippen LogP contribution is -2.36. The summed E-state index contributed by atoms with van der Waals surface area (Å²) in [4.78, 5) is 8.52. The first-order chi connectivity index (χ1) is 15.1. The number of guanidine groups is 1. The van der Waals surface area contributed by atoms with Crippen LogP contribution in [0.1, 0.15) is 49.6 Å². The minimum Gasteiger partial charge on any atom is -0.439 e. The van der Waals surface area contributed by atoms with Crippen LogP contribution in [0, 0.1) is 5.82 Å². The Bertz CT molecular complexity index is 973. The van der Waals surface area contributed by atoms with E-state index in [9.17, 15) is 4.39 Å².